The molecule has 1 aliphatic heterocycles. The van der Waals surface area contributed by atoms with E-state index >= 15 is 0 Å². The van der Waals surface area contributed by atoms with Crippen LogP contribution in [0.15, 0.2) is 0 Å². The van der Waals surface area contributed by atoms with Crippen LogP contribution in [0.1, 0.15) is 57.8 Å². The lowest BCUT2D eigenvalue weighted by atomic mass is 9.88. The smallest absolute Gasteiger partial charge is 0.223 e. The molecule has 1 heterocycles. The Morgan fingerprint density at radius 1 is 0.950 bits per heavy atom. The van der Waals surface area contributed by atoms with Crippen molar-refractivity contribution in [2.24, 2.45) is 17.8 Å². The van der Waals surface area contributed by atoms with Crippen LogP contribution in [0.3, 0.4) is 0 Å². The molecule has 3 heteroatoms. The van der Waals surface area contributed by atoms with Crippen molar-refractivity contribution >= 4 is 5.91 Å². The fourth-order valence-corrected chi connectivity index (χ4v) is 3.90. The number of hydrogen-bond donors (Lipinski definition) is 1. The minimum Gasteiger partial charge on any atom is -0.356 e. The fraction of sp³-hybridized carbons (Fsp3) is 0.941. The van der Waals surface area contributed by atoms with Gasteiger partial charge in [-0.05, 0) is 56.9 Å². The van der Waals surface area contributed by atoms with E-state index in [1.54, 1.807) is 0 Å². The van der Waals surface area contributed by atoms with Gasteiger partial charge in [0.25, 0.3) is 0 Å². The second-order valence-electron chi connectivity index (χ2n) is 7.29. The van der Waals surface area contributed by atoms with Gasteiger partial charge in [-0.15, -0.1) is 0 Å². The van der Waals surface area contributed by atoms with E-state index in [-0.39, 0.29) is 0 Å². The van der Waals surface area contributed by atoms with Crippen LogP contribution in [0.2, 0.25) is 0 Å². The maximum absolute atomic E-state index is 12.2. The van der Waals surface area contributed by atoms with Gasteiger partial charge in [-0.3, -0.25) is 4.79 Å². The highest BCUT2D eigenvalue weighted by Crippen LogP contribution is 2.31. The average molecular weight is 278 g/mol. The van der Waals surface area contributed by atoms with Gasteiger partial charge >= 0.3 is 0 Å². The average Bonchev–Trinajstić information content (AvgIpc) is 3.30. The number of rotatable bonds is 5. The van der Waals surface area contributed by atoms with E-state index < -0.39 is 0 Å². The quantitative estimate of drug-likeness (QED) is 0.838. The number of nitrogens with zero attached hydrogens (tertiary/aromatic N) is 1. The minimum absolute atomic E-state index is 0.315. The van der Waals surface area contributed by atoms with Crippen LogP contribution in [0.25, 0.3) is 0 Å². The van der Waals surface area contributed by atoms with Crippen molar-refractivity contribution in [2.75, 3.05) is 26.2 Å². The second-order valence-corrected chi connectivity index (χ2v) is 7.29. The molecule has 2 saturated carbocycles. The summed E-state index contributed by atoms with van der Waals surface area (Å²) in [4.78, 5) is 14.8. The van der Waals surface area contributed by atoms with Gasteiger partial charge in [-0.25, -0.2) is 0 Å². The van der Waals surface area contributed by atoms with Crippen molar-refractivity contribution in [3.63, 3.8) is 0 Å². The molecule has 114 valence electrons. The summed E-state index contributed by atoms with van der Waals surface area (Å²) < 4.78 is 0. The van der Waals surface area contributed by atoms with Crippen LogP contribution >= 0.6 is 0 Å². The topological polar surface area (TPSA) is 32.3 Å². The Balaban J connectivity index is 1.37. The molecule has 20 heavy (non-hydrogen) atoms. The summed E-state index contributed by atoms with van der Waals surface area (Å²) in [6.45, 7) is 4.72. The zero-order valence-corrected chi connectivity index (χ0v) is 12.8. The highest BCUT2D eigenvalue weighted by atomic mass is 16.1. The van der Waals surface area contributed by atoms with E-state index in [9.17, 15) is 4.79 Å². The van der Waals surface area contributed by atoms with Crippen LogP contribution in [-0.2, 0) is 4.79 Å². The molecule has 0 bridgehead atoms. The predicted molar refractivity (Wildman–Crippen MR) is 81.5 cm³/mol. The summed E-state index contributed by atoms with van der Waals surface area (Å²) in [7, 11) is 0. The lowest BCUT2D eigenvalue weighted by Gasteiger charge is -2.33. The van der Waals surface area contributed by atoms with Crippen molar-refractivity contribution in [2.45, 2.75) is 57.8 Å². The van der Waals surface area contributed by atoms with Crippen LogP contribution in [0.5, 0.6) is 0 Å². The molecule has 0 radical (unpaired) electrons. The summed E-state index contributed by atoms with van der Waals surface area (Å²) in [5.41, 5.74) is 0. The van der Waals surface area contributed by atoms with Crippen molar-refractivity contribution in [3.8, 4) is 0 Å². The van der Waals surface area contributed by atoms with Gasteiger partial charge in [0.1, 0.15) is 0 Å². The second kappa shape index (κ2) is 6.93. The van der Waals surface area contributed by atoms with Gasteiger partial charge in [0.2, 0.25) is 5.91 Å². The van der Waals surface area contributed by atoms with Crippen LogP contribution < -0.4 is 5.32 Å². The summed E-state index contributed by atoms with van der Waals surface area (Å²) in [5, 5.41) is 3.25. The number of amides is 1. The Labute approximate surface area is 123 Å². The zero-order valence-electron chi connectivity index (χ0n) is 12.8. The molecule has 0 unspecified atom stereocenters. The molecule has 1 N–H and O–H groups in total. The first kappa shape index (κ1) is 14.4. The van der Waals surface area contributed by atoms with Crippen molar-refractivity contribution in [1.82, 2.24) is 10.2 Å². The largest absolute Gasteiger partial charge is 0.356 e. The van der Waals surface area contributed by atoms with Crippen LogP contribution in [-0.4, -0.2) is 37.0 Å². The standard InChI is InChI=1S/C17H30N2O/c20-17(16-6-2-1-3-7-16)18-11-15-5-4-10-19(13-15)12-14-8-9-14/h14-16H,1-13H2,(H,18,20)/t15-/m1/s1. The summed E-state index contributed by atoms with van der Waals surface area (Å²) in [5.74, 6) is 2.33. The first-order valence-electron chi connectivity index (χ1n) is 8.81. The third-order valence-electron chi connectivity index (χ3n) is 5.36. The number of carbonyl (C=O) groups excluding carboxylic acids is 1. The van der Waals surface area contributed by atoms with Gasteiger partial charge in [-0.2, -0.15) is 0 Å². The number of nitrogens with one attached hydrogen (secondary N) is 1. The van der Waals surface area contributed by atoms with Gasteiger partial charge in [0.15, 0.2) is 0 Å². The van der Waals surface area contributed by atoms with Gasteiger partial charge < -0.3 is 10.2 Å². The third-order valence-corrected chi connectivity index (χ3v) is 5.36. The lowest BCUT2D eigenvalue weighted by Crippen LogP contribution is -2.43. The molecule has 1 atom stereocenters. The SMILES string of the molecule is O=C(NC[C@H]1CCCN(CC2CC2)C1)C1CCCCC1. The molecule has 1 amide bonds. The molecule has 0 aromatic heterocycles. The van der Waals surface area contributed by atoms with Crippen molar-refractivity contribution in [3.05, 3.63) is 0 Å². The highest BCUT2D eigenvalue weighted by molar-refractivity contribution is 5.78. The van der Waals surface area contributed by atoms with Gasteiger partial charge in [0, 0.05) is 25.6 Å². The van der Waals surface area contributed by atoms with Crippen molar-refractivity contribution in [1.29, 1.82) is 0 Å². The summed E-state index contributed by atoms with van der Waals surface area (Å²) in [6.07, 6.45) is 11.5. The fourth-order valence-electron chi connectivity index (χ4n) is 3.90. The van der Waals surface area contributed by atoms with E-state index in [0.717, 1.165) is 25.3 Å². The first-order chi connectivity index (χ1) is 9.81. The maximum Gasteiger partial charge on any atom is 0.223 e. The molecule has 3 nitrogen and oxygen atoms in total. The molecule has 0 spiro atoms. The summed E-state index contributed by atoms with van der Waals surface area (Å²) in [6, 6.07) is 0. The van der Waals surface area contributed by atoms with E-state index in [2.05, 4.69) is 10.2 Å². The van der Waals surface area contributed by atoms with Gasteiger partial charge in [0.05, 0.1) is 0 Å². The number of carbonyl (C=O) groups is 1. The molecule has 0 aromatic rings. The Morgan fingerprint density at radius 2 is 1.75 bits per heavy atom. The molecule has 3 fully saturated rings. The number of likely N-dealkylation sites (tertiary alicyclic amines) is 1. The minimum atomic E-state index is 0.315. The Morgan fingerprint density at radius 3 is 2.50 bits per heavy atom. The van der Waals surface area contributed by atoms with Gasteiger partial charge in [-0.1, -0.05) is 19.3 Å². The summed E-state index contributed by atoms with van der Waals surface area (Å²) >= 11 is 0. The number of hydrogen-bond acceptors (Lipinski definition) is 2. The van der Waals surface area contributed by atoms with E-state index in [1.165, 1.54) is 64.6 Å². The third kappa shape index (κ3) is 4.21. The lowest BCUT2D eigenvalue weighted by molar-refractivity contribution is -0.126. The normalized spacial score (nSPS) is 29.3. The first-order valence-corrected chi connectivity index (χ1v) is 8.81. The Kier molecular flexibility index (Phi) is 4.98. The molecule has 1 saturated heterocycles. The van der Waals surface area contributed by atoms with E-state index in [1.807, 2.05) is 0 Å². The van der Waals surface area contributed by atoms with Crippen LogP contribution in [0.4, 0.5) is 0 Å². The zero-order chi connectivity index (χ0) is 13.8. The number of piperidine rings is 1. The molecule has 3 rings (SSSR count). The highest BCUT2D eigenvalue weighted by Gasteiger charge is 2.28. The molecule has 3 aliphatic rings. The molecule has 2 aliphatic carbocycles. The van der Waals surface area contributed by atoms with Crippen molar-refractivity contribution < 1.29 is 4.79 Å². The Hall–Kier alpha value is -0.570. The maximum atomic E-state index is 12.2. The Bertz CT molecular complexity index is 321. The van der Waals surface area contributed by atoms with E-state index in [0.29, 0.717) is 17.7 Å². The van der Waals surface area contributed by atoms with E-state index in [4.69, 9.17) is 0 Å². The van der Waals surface area contributed by atoms with Crippen LogP contribution in [0, 0.1) is 17.8 Å². The molecule has 0 aromatic carbocycles. The monoisotopic (exact) mass is 278 g/mol. The molecular weight excluding hydrogens is 248 g/mol. The predicted octanol–water partition coefficient (Wildman–Crippen LogP) is 2.80. The molecular formula is C17H30N2O.